The highest BCUT2D eigenvalue weighted by Crippen LogP contribution is 2.45. The van der Waals surface area contributed by atoms with E-state index in [0.29, 0.717) is 32.1 Å². The van der Waals surface area contributed by atoms with Crippen LogP contribution in [0.1, 0.15) is 310 Å². The van der Waals surface area contributed by atoms with Crippen LogP contribution in [0.3, 0.4) is 0 Å². The number of phosphoric ester groups is 2. The maximum Gasteiger partial charge on any atom is 0.472 e. The quantitative estimate of drug-likeness (QED) is 0.0169. The number of allylic oxidation sites excluding steroid dienone is 24. The van der Waals surface area contributed by atoms with Gasteiger partial charge in [0.1, 0.15) is 19.3 Å². The molecule has 0 aromatic carbocycles. The molecule has 0 heterocycles. The van der Waals surface area contributed by atoms with Gasteiger partial charge in [0, 0.05) is 25.7 Å². The van der Waals surface area contributed by atoms with E-state index in [2.05, 4.69) is 174 Å². The Kier molecular flexibility index (Phi) is 72.4. The first kappa shape index (κ1) is 98.9. The van der Waals surface area contributed by atoms with Crippen molar-refractivity contribution in [1.82, 2.24) is 0 Å². The molecule has 0 fully saturated rings. The van der Waals surface area contributed by atoms with Gasteiger partial charge in [0.2, 0.25) is 0 Å². The predicted octanol–water partition coefficient (Wildman–Crippen LogP) is 23.4. The molecule has 5 atom stereocenters. The highest BCUT2D eigenvalue weighted by atomic mass is 31.2. The van der Waals surface area contributed by atoms with E-state index in [1.165, 1.54) is 57.8 Å². The normalized spacial score (nSPS) is 14.6. The fourth-order valence-electron chi connectivity index (χ4n) is 10.2. The van der Waals surface area contributed by atoms with Crippen molar-refractivity contribution in [2.75, 3.05) is 39.6 Å². The number of esters is 4. The predicted molar refractivity (Wildman–Crippen MR) is 427 cm³/mol. The molecule has 5 unspecified atom stereocenters. The summed E-state index contributed by atoms with van der Waals surface area (Å²) in [4.78, 5) is 73.0. The lowest BCUT2D eigenvalue weighted by atomic mass is 10.1. The van der Waals surface area contributed by atoms with Crippen LogP contribution >= 0.6 is 15.6 Å². The summed E-state index contributed by atoms with van der Waals surface area (Å²) < 4.78 is 68.5. The molecular weight excluding hydrogens is 1350 g/mol. The average molecular weight is 1500 g/mol. The van der Waals surface area contributed by atoms with Gasteiger partial charge >= 0.3 is 39.5 Å². The Morgan fingerprint density at radius 3 is 0.817 bits per heavy atom. The van der Waals surface area contributed by atoms with Crippen LogP contribution < -0.4 is 0 Å². The van der Waals surface area contributed by atoms with Crippen molar-refractivity contribution in [1.29, 1.82) is 0 Å². The van der Waals surface area contributed by atoms with E-state index < -0.39 is 97.5 Å². The van der Waals surface area contributed by atoms with Crippen LogP contribution in [0.5, 0.6) is 0 Å². The summed E-state index contributed by atoms with van der Waals surface area (Å²) in [5.74, 6) is -2.30. The minimum Gasteiger partial charge on any atom is -0.462 e. The van der Waals surface area contributed by atoms with Crippen molar-refractivity contribution in [2.45, 2.75) is 329 Å². The maximum absolute atomic E-state index is 13.1. The lowest BCUT2D eigenvalue weighted by molar-refractivity contribution is -0.161. The van der Waals surface area contributed by atoms with Gasteiger partial charge in [0.15, 0.2) is 12.2 Å². The zero-order valence-electron chi connectivity index (χ0n) is 64.9. The number of ether oxygens (including phenoxy) is 4. The first-order valence-electron chi connectivity index (χ1n) is 40.1. The maximum atomic E-state index is 13.1. The fourth-order valence-corrected chi connectivity index (χ4v) is 11.8. The molecule has 0 aromatic rings. The van der Waals surface area contributed by atoms with Gasteiger partial charge in [0.25, 0.3) is 0 Å². The van der Waals surface area contributed by atoms with Crippen LogP contribution in [0.4, 0.5) is 0 Å². The molecule has 17 nitrogen and oxygen atoms in total. The number of aliphatic hydroxyl groups is 1. The van der Waals surface area contributed by atoms with E-state index in [4.69, 9.17) is 37.0 Å². The van der Waals surface area contributed by atoms with E-state index in [0.717, 1.165) is 167 Å². The molecule has 0 amide bonds. The van der Waals surface area contributed by atoms with Gasteiger partial charge in [-0.25, -0.2) is 9.13 Å². The van der Waals surface area contributed by atoms with Gasteiger partial charge in [-0.05, 0) is 167 Å². The molecule has 0 saturated heterocycles. The monoisotopic (exact) mass is 1500 g/mol. The second kappa shape index (κ2) is 76.1. The number of phosphoric acid groups is 2. The third-order valence-corrected chi connectivity index (χ3v) is 18.2. The van der Waals surface area contributed by atoms with Crippen molar-refractivity contribution in [3.8, 4) is 0 Å². The van der Waals surface area contributed by atoms with Gasteiger partial charge in [-0.1, -0.05) is 263 Å². The average Bonchev–Trinajstić information content (AvgIpc) is 0.912. The van der Waals surface area contributed by atoms with E-state index in [9.17, 15) is 43.2 Å². The molecule has 0 aromatic heterocycles. The number of carbonyl (C=O) groups is 4. The molecule has 104 heavy (non-hydrogen) atoms. The largest absolute Gasteiger partial charge is 0.472 e. The molecule has 0 spiro atoms. The van der Waals surface area contributed by atoms with E-state index >= 15 is 0 Å². The third-order valence-electron chi connectivity index (χ3n) is 16.3. The van der Waals surface area contributed by atoms with Crippen LogP contribution in [-0.2, 0) is 65.4 Å². The smallest absolute Gasteiger partial charge is 0.462 e. The summed E-state index contributed by atoms with van der Waals surface area (Å²) >= 11 is 0. The molecule has 0 aliphatic heterocycles. The van der Waals surface area contributed by atoms with Crippen LogP contribution in [0.15, 0.2) is 146 Å². The lowest BCUT2D eigenvalue weighted by Gasteiger charge is -2.21. The van der Waals surface area contributed by atoms with E-state index in [1.54, 1.807) is 0 Å². The molecule has 594 valence electrons. The number of hydrogen-bond donors (Lipinski definition) is 3. The number of aliphatic hydroxyl groups excluding tert-OH is 1. The zero-order valence-corrected chi connectivity index (χ0v) is 66.7. The molecule has 0 radical (unpaired) electrons. The van der Waals surface area contributed by atoms with Crippen molar-refractivity contribution in [3.63, 3.8) is 0 Å². The lowest BCUT2D eigenvalue weighted by Crippen LogP contribution is -2.30. The number of rotatable bonds is 74. The summed E-state index contributed by atoms with van der Waals surface area (Å²) in [6.45, 7) is 4.50. The zero-order chi connectivity index (χ0) is 76.0. The summed E-state index contributed by atoms with van der Waals surface area (Å²) in [7, 11) is -10.00. The van der Waals surface area contributed by atoms with Crippen molar-refractivity contribution in [3.05, 3.63) is 146 Å². The molecule has 3 N–H and O–H groups in total. The van der Waals surface area contributed by atoms with Crippen molar-refractivity contribution in [2.24, 2.45) is 0 Å². The minimum atomic E-state index is -5.00. The summed E-state index contributed by atoms with van der Waals surface area (Å²) in [5.41, 5.74) is 0. The molecule has 0 saturated carbocycles. The topological polar surface area (TPSA) is 237 Å². The van der Waals surface area contributed by atoms with Crippen LogP contribution in [0.2, 0.25) is 0 Å². The number of carbonyl (C=O) groups excluding carboxylic acids is 4. The van der Waals surface area contributed by atoms with Gasteiger partial charge in [-0.2, -0.15) is 0 Å². The molecule has 0 aliphatic rings. The van der Waals surface area contributed by atoms with E-state index in [1.807, 2.05) is 0 Å². The second-order valence-electron chi connectivity index (χ2n) is 26.2. The first-order chi connectivity index (χ1) is 50.7. The van der Waals surface area contributed by atoms with Gasteiger partial charge < -0.3 is 33.8 Å². The summed E-state index contributed by atoms with van der Waals surface area (Å²) in [6.07, 6.45) is 86.9. The highest BCUT2D eigenvalue weighted by molar-refractivity contribution is 7.47. The van der Waals surface area contributed by atoms with Crippen LogP contribution in [0.25, 0.3) is 0 Å². The number of unbranched alkanes of at least 4 members (excludes halogenated alkanes) is 24. The van der Waals surface area contributed by atoms with Gasteiger partial charge in [0.05, 0.1) is 26.4 Å². The molecule has 19 heteroatoms. The highest BCUT2D eigenvalue weighted by Gasteiger charge is 2.30. The van der Waals surface area contributed by atoms with Crippen LogP contribution in [0, 0.1) is 0 Å². The molecule has 0 rings (SSSR count). The Labute approximate surface area is 630 Å². The van der Waals surface area contributed by atoms with E-state index in [-0.39, 0.29) is 25.7 Å². The standard InChI is InChI=1S/C85H142O17P2/c1-5-9-13-17-21-25-29-33-37-38-39-40-44-46-50-54-58-62-66-70-83(88)96-76-81(102-85(90)72-68-64-60-56-52-48-43-36-32-28-24-20-16-12-8-4)78-100-104(93,94)98-74-79(86)73-97-103(91,92)99-77-80(101-84(89)71-67-63-59-55-51-47-42-35-31-27-23-19-15-11-7-3)75-95-82(87)69-65-61-57-53-49-45-41-34-30-26-22-18-14-10-6-2/h10,12,14,16,21-22,24-26,28,33-37,39-43,49,52-53,56,79-81,86H,5-9,11,13,15,17-20,23,27,29-32,38,44-48,50-51,54-55,57-78H2,1-4H3,(H,91,92)(H,93,94)/b14-10-,16-12-,25-21-,26-22-,28-24-,37-33-,40-39-,41-34-,42-35-,43-36-,53-49-,56-52-. The summed E-state index contributed by atoms with van der Waals surface area (Å²) in [6, 6.07) is 0. The van der Waals surface area contributed by atoms with Crippen molar-refractivity contribution < 1.29 is 80.2 Å². The number of hydrogen-bond acceptors (Lipinski definition) is 15. The SMILES string of the molecule is CC/C=C\C/C=C\C/C=C\C/C=C\CCCCC(=O)OCC(COP(=O)(O)OCC(O)COP(=O)(O)OCC(COC(=O)CCCCCCCC/C=C\C/C=C\C/C=C\CCCCC)OC(=O)CCCC/C=C\C/C=C\C/C=C\C/C=C\CC)OC(=O)CCCCCCC/C=C\CCCCCCCC. The Bertz CT molecular complexity index is 2540. The third kappa shape index (κ3) is 75.2. The Hall–Kier alpha value is -5.06. The molecule has 0 aliphatic carbocycles. The van der Waals surface area contributed by atoms with Crippen molar-refractivity contribution >= 4 is 39.5 Å². The Morgan fingerprint density at radius 2 is 0.500 bits per heavy atom. The fraction of sp³-hybridized carbons (Fsp3) is 0.671. The Morgan fingerprint density at radius 1 is 0.279 bits per heavy atom. The van der Waals surface area contributed by atoms with Crippen LogP contribution in [-0.4, -0.2) is 96.7 Å². The molecular formula is C85H142O17P2. The second-order valence-corrected chi connectivity index (χ2v) is 29.1. The minimum absolute atomic E-state index is 0.0346. The van der Waals surface area contributed by atoms with Gasteiger partial charge in [-0.15, -0.1) is 0 Å². The summed E-state index contributed by atoms with van der Waals surface area (Å²) in [5, 5.41) is 10.6. The molecule has 0 bridgehead atoms. The Balaban J connectivity index is 5.44. The van der Waals surface area contributed by atoms with Gasteiger partial charge in [-0.3, -0.25) is 37.3 Å². The first-order valence-corrected chi connectivity index (χ1v) is 43.1.